The molecule has 0 spiro atoms. The van der Waals surface area contributed by atoms with Gasteiger partial charge in [-0.15, -0.1) is 0 Å². The zero-order valence-corrected chi connectivity index (χ0v) is 17.0. The summed E-state index contributed by atoms with van der Waals surface area (Å²) in [5.41, 5.74) is -0.277. The lowest BCUT2D eigenvalue weighted by atomic mass is 9.95. The van der Waals surface area contributed by atoms with Crippen LogP contribution in [-0.2, 0) is 9.53 Å². The molecule has 3 rings (SSSR count). The molecule has 2 saturated heterocycles. The van der Waals surface area contributed by atoms with Gasteiger partial charge in [-0.05, 0) is 57.7 Å². The molecule has 2 aliphatic rings. The van der Waals surface area contributed by atoms with E-state index in [1.165, 1.54) is 6.07 Å². The van der Waals surface area contributed by atoms with Crippen LogP contribution in [0.25, 0.3) is 0 Å². The summed E-state index contributed by atoms with van der Waals surface area (Å²) in [7, 11) is 0. The number of carbonyl (C=O) groups is 2. The normalized spacial score (nSPS) is 23.2. The van der Waals surface area contributed by atoms with E-state index in [1.54, 1.807) is 9.80 Å². The van der Waals surface area contributed by atoms with Crippen LogP contribution >= 0.6 is 0 Å². The van der Waals surface area contributed by atoms with Gasteiger partial charge >= 0.3 is 6.09 Å². The molecule has 160 valence electrons. The highest BCUT2D eigenvalue weighted by Crippen LogP contribution is 2.33. The quantitative estimate of drug-likeness (QED) is 0.827. The number of nitrogens with zero attached hydrogens (tertiary/aromatic N) is 2. The Bertz CT molecular complexity index is 780. The zero-order chi connectivity index (χ0) is 21.3. The molecule has 29 heavy (non-hydrogen) atoms. The first-order chi connectivity index (χ1) is 13.5. The third kappa shape index (κ3) is 5.04. The molecule has 0 aliphatic carbocycles. The van der Waals surface area contributed by atoms with Crippen molar-refractivity contribution in [2.75, 3.05) is 19.6 Å². The first-order valence-electron chi connectivity index (χ1n) is 9.96. The van der Waals surface area contributed by atoms with Gasteiger partial charge in [-0.25, -0.2) is 13.6 Å². The third-order valence-electron chi connectivity index (χ3n) is 5.44. The number of amides is 2. The second kappa shape index (κ2) is 8.26. The van der Waals surface area contributed by atoms with E-state index in [0.29, 0.717) is 38.0 Å². The number of piperazine rings is 1. The molecule has 8 heteroatoms. The van der Waals surface area contributed by atoms with Crippen molar-refractivity contribution in [2.45, 2.75) is 57.8 Å². The molecule has 1 aromatic rings. The maximum atomic E-state index is 13.4. The molecule has 3 atom stereocenters. The summed E-state index contributed by atoms with van der Waals surface area (Å²) in [4.78, 5) is 28.4. The molecule has 1 N–H and O–H groups in total. The summed E-state index contributed by atoms with van der Waals surface area (Å²) < 4.78 is 31.8. The van der Waals surface area contributed by atoms with Crippen molar-refractivity contribution in [1.29, 1.82) is 0 Å². The van der Waals surface area contributed by atoms with Gasteiger partial charge in [-0.1, -0.05) is 6.07 Å². The number of hydrogen-bond donors (Lipinski definition) is 1. The van der Waals surface area contributed by atoms with Gasteiger partial charge < -0.3 is 19.6 Å². The van der Waals surface area contributed by atoms with Gasteiger partial charge in [-0.2, -0.15) is 0 Å². The van der Waals surface area contributed by atoms with E-state index in [-0.39, 0.29) is 30.4 Å². The van der Waals surface area contributed by atoms with Gasteiger partial charge in [0.15, 0.2) is 11.6 Å². The maximum Gasteiger partial charge on any atom is 0.410 e. The van der Waals surface area contributed by atoms with Crippen molar-refractivity contribution in [2.24, 2.45) is 5.92 Å². The maximum absolute atomic E-state index is 13.4. The van der Waals surface area contributed by atoms with Crippen LogP contribution in [0.5, 0.6) is 0 Å². The van der Waals surface area contributed by atoms with Crippen LogP contribution in [0.1, 0.15) is 51.7 Å². The number of hydrogen-bond acceptors (Lipinski definition) is 4. The molecule has 1 unspecified atom stereocenters. The van der Waals surface area contributed by atoms with E-state index in [1.807, 2.05) is 20.8 Å². The summed E-state index contributed by atoms with van der Waals surface area (Å²) in [6.45, 7) is 6.77. The summed E-state index contributed by atoms with van der Waals surface area (Å²) in [5, 5.41) is 10.3. The minimum Gasteiger partial charge on any atom is -0.444 e. The number of ether oxygens (including phenoxy) is 1. The van der Waals surface area contributed by atoms with Crippen molar-refractivity contribution in [3.05, 3.63) is 35.4 Å². The number of carbonyl (C=O) groups excluding carboxylic acids is 2. The van der Waals surface area contributed by atoms with Crippen LogP contribution in [0.3, 0.4) is 0 Å². The first-order valence-corrected chi connectivity index (χ1v) is 9.96. The van der Waals surface area contributed by atoms with Gasteiger partial charge in [-0.3, -0.25) is 4.79 Å². The highest BCUT2D eigenvalue weighted by atomic mass is 19.2. The topological polar surface area (TPSA) is 70.1 Å². The summed E-state index contributed by atoms with van der Waals surface area (Å²) >= 11 is 0. The number of halogens is 2. The molecule has 0 bridgehead atoms. The first kappa shape index (κ1) is 21.5. The van der Waals surface area contributed by atoms with Crippen LogP contribution in [0.4, 0.5) is 13.6 Å². The molecular weight excluding hydrogens is 382 g/mol. The van der Waals surface area contributed by atoms with Gasteiger partial charge in [0.2, 0.25) is 5.91 Å². The molecule has 2 aliphatic heterocycles. The average molecular weight is 410 g/mol. The van der Waals surface area contributed by atoms with Gasteiger partial charge in [0.25, 0.3) is 0 Å². The predicted molar refractivity (Wildman–Crippen MR) is 102 cm³/mol. The Morgan fingerprint density at radius 3 is 2.66 bits per heavy atom. The second-order valence-electron chi connectivity index (χ2n) is 8.81. The summed E-state index contributed by atoms with van der Waals surface area (Å²) in [6.07, 6.45) is -0.0191. The molecule has 2 amide bonds. The second-order valence-corrected chi connectivity index (χ2v) is 8.81. The Morgan fingerprint density at radius 1 is 1.28 bits per heavy atom. The largest absolute Gasteiger partial charge is 0.444 e. The van der Waals surface area contributed by atoms with E-state index in [0.717, 1.165) is 12.1 Å². The fraction of sp³-hybridized carbons (Fsp3) is 0.619. The highest BCUT2D eigenvalue weighted by molar-refractivity contribution is 5.82. The Kier molecular flexibility index (Phi) is 6.12. The standard InChI is InChI=1S/C21H28F2N2O4/c1-21(2,3)29-20(28)24-8-9-25-15(12-24)10-14(19(25)27)5-7-18(26)13-4-6-16(22)17(23)11-13/h4,6,11,14-15,18,26H,5,7-10,12H2,1-3H3/t14-,15-,18?/m0/s1. The Hall–Kier alpha value is -2.22. The fourth-order valence-corrected chi connectivity index (χ4v) is 3.99. The van der Waals surface area contributed by atoms with Gasteiger partial charge in [0.05, 0.1) is 12.1 Å². The van der Waals surface area contributed by atoms with E-state index in [2.05, 4.69) is 0 Å². The number of aliphatic hydroxyl groups is 1. The molecule has 1 aromatic carbocycles. The molecule has 6 nitrogen and oxygen atoms in total. The van der Waals surface area contributed by atoms with Crippen molar-refractivity contribution in [3.63, 3.8) is 0 Å². The van der Waals surface area contributed by atoms with Crippen LogP contribution < -0.4 is 0 Å². The van der Waals surface area contributed by atoms with Crippen molar-refractivity contribution < 1.29 is 28.2 Å². The average Bonchev–Trinajstić information content (AvgIpc) is 2.96. The lowest BCUT2D eigenvalue weighted by Gasteiger charge is -2.38. The van der Waals surface area contributed by atoms with Crippen molar-refractivity contribution in [3.8, 4) is 0 Å². The Balaban J connectivity index is 1.55. The van der Waals surface area contributed by atoms with E-state index in [9.17, 15) is 23.5 Å². The lowest BCUT2D eigenvalue weighted by Crippen LogP contribution is -2.54. The van der Waals surface area contributed by atoms with Gasteiger partial charge in [0.1, 0.15) is 5.60 Å². The predicted octanol–water partition coefficient (Wildman–Crippen LogP) is 3.25. The van der Waals surface area contributed by atoms with E-state index >= 15 is 0 Å². The minimum absolute atomic E-state index is 0.0244. The third-order valence-corrected chi connectivity index (χ3v) is 5.44. The van der Waals surface area contributed by atoms with Crippen LogP contribution in [0.15, 0.2) is 18.2 Å². The van der Waals surface area contributed by atoms with Crippen molar-refractivity contribution in [1.82, 2.24) is 9.80 Å². The van der Waals surface area contributed by atoms with Crippen LogP contribution in [-0.4, -0.2) is 58.2 Å². The van der Waals surface area contributed by atoms with E-state index in [4.69, 9.17) is 4.74 Å². The molecule has 2 heterocycles. The molecular formula is C21H28F2N2O4. The minimum atomic E-state index is -1.00. The zero-order valence-electron chi connectivity index (χ0n) is 17.0. The lowest BCUT2D eigenvalue weighted by molar-refractivity contribution is -0.133. The molecule has 0 aromatic heterocycles. The highest BCUT2D eigenvalue weighted by Gasteiger charge is 2.43. The monoisotopic (exact) mass is 410 g/mol. The molecule has 0 saturated carbocycles. The van der Waals surface area contributed by atoms with Gasteiger partial charge in [0, 0.05) is 25.6 Å². The molecule has 0 radical (unpaired) electrons. The smallest absolute Gasteiger partial charge is 0.410 e. The Labute approximate surface area is 169 Å². The SMILES string of the molecule is CC(C)(C)OC(=O)N1CCN2C(=O)[C@@H](CCC(O)c3ccc(F)c(F)c3)C[C@H]2C1. The molecule has 2 fully saturated rings. The summed E-state index contributed by atoms with van der Waals surface area (Å²) in [5.74, 6) is -2.19. The summed E-state index contributed by atoms with van der Waals surface area (Å²) in [6, 6.07) is 3.26. The van der Waals surface area contributed by atoms with Crippen LogP contribution in [0, 0.1) is 17.6 Å². The number of fused-ring (bicyclic) bond motifs is 1. The Morgan fingerprint density at radius 2 is 2.00 bits per heavy atom. The van der Waals surface area contributed by atoms with Crippen molar-refractivity contribution >= 4 is 12.0 Å². The fourth-order valence-electron chi connectivity index (χ4n) is 3.99. The van der Waals surface area contributed by atoms with Crippen LogP contribution in [0.2, 0.25) is 0 Å². The number of aliphatic hydroxyl groups excluding tert-OH is 1. The van der Waals surface area contributed by atoms with E-state index < -0.39 is 23.3 Å². The number of benzene rings is 1. The number of rotatable bonds is 4.